The highest BCUT2D eigenvalue weighted by molar-refractivity contribution is 5.94. The zero-order chi connectivity index (χ0) is 17.3. The lowest BCUT2D eigenvalue weighted by Gasteiger charge is -2.36. The van der Waals surface area contributed by atoms with Crippen molar-refractivity contribution in [3.63, 3.8) is 0 Å². The average Bonchev–Trinajstić information content (AvgIpc) is 3.09. The van der Waals surface area contributed by atoms with Gasteiger partial charge in [-0.25, -0.2) is 0 Å². The Hall–Kier alpha value is -2.83. The summed E-state index contributed by atoms with van der Waals surface area (Å²) in [4.78, 5) is 40.7. The Bertz CT molecular complexity index is 809. The molecule has 0 bridgehead atoms. The Morgan fingerprint density at radius 3 is 2.71 bits per heavy atom. The third-order valence-corrected chi connectivity index (χ3v) is 4.47. The van der Waals surface area contributed by atoms with E-state index in [4.69, 9.17) is 10.2 Å². The first kappa shape index (κ1) is 16.0. The molecule has 2 aromatic rings. The number of primary amides is 1. The van der Waals surface area contributed by atoms with Crippen molar-refractivity contribution < 1.29 is 14.0 Å². The largest absolute Gasteiger partial charge is 0.463 e. The summed E-state index contributed by atoms with van der Waals surface area (Å²) in [5.41, 5.74) is 5.43. The van der Waals surface area contributed by atoms with Crippen LogP contribution in [0, 0.1) is 5.92 Å². The summed E-state index contributed by atoms with van der Waals surface area (Å²) in [5.74, 6) is -0.652. The number of nitrogens with two attached hydrogens (primary N) is 1. The minimum absolute atomic E-state index is 0.0438. The molecule has 0 saturated carbocycles. The third-order valence-electron chi connectivity index (χ3n) is 4.47. The van der Waals surface area contributed by atoms with E-state index in [0.717, 1.165) is 0 Å². The number of furan rings is 1. The maximum Gasteiger partial charge on any atom is 0.261 e. The Kier molecular flexibility index (Phi) is 4.24. The van der Waals surface area contributed by atoms with E-state index in [1.807, 2.05) is 6.92 Å². The van der Waals surface area contributed by atoms with Gasteiger partial charge in [-0.15, -0.1) is 0 Å². The van der Waals surface area contributed by atoms with E-state index < -0.39 is 11.5 Å². The van der Waals surface area contributed by atoms with Crippen LogP contribution < -0.4 is 11.3 Å². The second-order valence-corrected chi connectivity index (χ2v) is 6.08. The molecule has 0 spiro atoms. The van der Waals surface area contributed by atoms with Crippen molar-refractivity contribution in [3.8, 4) is 11.5 Å². The first-order valence-electron chi connectivity index (χ1n) is 7.85. The number of piperidine rings is 1. The quantitative estimate of drug-likeness (QED) is 0.886. The minimum atomic E-state index is -0.484. The number of carbonyl (C=O) groups excluding carboxylic acids is 2. The number of nitrogens with zero attached hydrogens (tertiary/aromatic N) is 1. The summed E-state index contributed by atoms with van der Waals surface area (Å²) >= 11 is 0. The molecule has 2 aromatic heterocycles. The van der Waals surface area contributed by atoms with Crippen molar-refractivity contribution in [2.24, 2.45) is 11.7 Å². The highest BCUT2D eigenvalue weighted by atomic mass is 16.3. The zero-order valence-corrected chi connectivity index (χ0v) is 13.3. The van der Waals surface area contributed by atoms with E-state index in [9.17, 15) is 14.4 Å². The number of aromatic amines is 1. The van der Waals surface area contributed by atoms with Crippen LogP contribution in [0.5, 0.6) is 0 Å². The first-order chi connectivity index (χ1) is 11.5. The minimum Gasteiger partial charge on any atom is -0.463 e. The van der Waals surface area contributed by atoms with Crippen molar-refractivity contribution in [1.29, 1.82) is 0 Å². The topological polar surface area (TPSA) is 109 Å². The predicted molar refractivity (Wildman–Crippen MR) is 87.2 cm³/mol. The zero-order valence-electron chi connectivity index (χ0n) is 13.3. The van der Waals surface area contributed by atoms with Gasteiger partial charge in [0.2, 0.25) is 5.91 Å². The van der Waals surface area contributed by atoms with E-state index >= 15 is 0 Å². The summed E-state index contributed by atoms with van der Waals surface area (Å²) in [6.45, 7) is 2.15. The van der Waals surface area contributed by atoms with E-state index in [1.54, 1.807) is 23.1 Å². The van der Waals surface area contributed by atoms with Crippen LogP contribution in [-0.4, -0.2) is 34.3 Å². The number of H-pyrrole nitrogens is 1. The molecule has 3 heterocycles. The molecule has 2 amide bonds. The van der Waals surface area contributed by atoms with Crippen molar-refractivity contribution in [2.75, 3.05) is 6.54 Å². The summed E-state index contributed by atoms with van der Waals surface area (Å²) in [6, 6.07) is 6.51. The van der Waals surface area contributed by atoms with Crippen molar-refractivity contribution in [1.82, 2.24) is 9.88 Å². The van der Waals surface area contributed by atoms with Crippen LogP contribution >= 0.6 is 0 Å². The molecule has 1 aliphatic heterocycles. The summed E-state index contributed by atoms with van der Waals surface area (Å²) in [5, 5.41) is 0. The molecular weight excluding hydrogens is 310 g/mol. The molecule has 3 rings (SSSR count). The summed E-state index contributed by atoms with van der Waals surface area (Å²) in [7, 11) is 0. The summed E-state index contributed by atoms with van der Waals surface area (Å²) < 4.78 is 5.23. The van der Waals surface area contributed by atoms with Crippen molar-refractivity contribution >= 4 is 11.8 Å². The predicted octanol–water partition coefficient (Wildman–Crippen LogP) is 1.36. The molecule has 24 heavy (non-hydrogen) atoms. The first-order valence-corrected chi connectivity index (χ1v) is 7.85. The normalized spacial score (nSPS) is 20.8. The highest BCUT2D eigenvalue weighted by Crippen LogP contribution is 2.23. The molecule has 0 radical (unpaired) electrons. The summed E-state index contributed by atoms with van der Waals surface area (Å²) in [6.07, 6.45) is 2.85. The van der Waals surface area contributed by atoms with Gasteiger partial charge < -0.3 is 20.0 Å². The molecule has 7 nitrogen and oxygen atoms in total. The van der Waals surface area contributed by atoms with Crippen LogP contribution in [0.25, 0.3) is 11.5 Å². The molecular formula is C17H19N3O4. The number of likely N-dealkylation sites (tertiary alicyclic amines) is 1. The SMILES string of the molecule is C[C@@H]1CC[C@H](C(N)=O)CN1C(=O)c1ccc(-c2ccco2)[nH]c1=O. The number of amides is 2. The second-order valence-electron chi connectivity index (χ2n) is 6.08. The molecule has 0 unspecified atom stereocenters. The van der Waals surface area contributed by atoms with Crippen molar-refractivity contribution in [3.05, 3.63) is 46.4 Å². The van der Waals surface area contributed by atoms with E-state index in [-0.39, 0.29) is 30.0 Å². The fourth-order valence-corrected chi connectivity index (χ4v) is 2.99. The van der Waals surface area contributed by atoms with E-state index in [0.29, 0.717) is 24.3 Å². The standard InChI is InChI=1S/C17H19N3O4/c1-10-4-5-11(15(18)21)9-20(10)17(23)12-6-7-13(19-16(12)22)14-3-2-8-24-14/h2-3,6-8,10-11H,4-5,9H2,1H3,(H2,18,21)(H,19,22)/t10-,11+/m1/s1. The molecule has 1 saturated heterocycles. The molecule has 1 fully saturated rings. The molecule has 0 aromatic carbocycles. The van der Waals surface area contributed by atoms with Crippen molar-refractivity contribution in [2.45, 2.75) is 25.8 Å². The monoisotopic (exact) mass is 329 g/mol. The van der Waals surface area contributed by atoms with E-state index in [1.165, 1.54) is 12.3 Å². The third kappa shape index (κ3) is 2.97. The number of rotatable bonds is 3. The number of aromatic nitrogens is 1. The maximum absolute atomic E-state index is 12.7. The molecule has 2 atom stereocenters. The number of carbonyl (C=O) groups is 2. The van der Waals surface area contributed by atoms with Gasteiger partial charge in [0.15, 0.2) is 0 Å². The van der Waals surface area contributed by atoms with Gasteiger partial charge in [0.05, 0.1) is 17.9 Å². The fourth-order valence-electron chi connectivity index (χ4n) is 2.99. The molecule has 1 aliphatic rings. The van der Waals surface area contributed by atoms with Crippen LogP contribution in [0.2, 0.25) is 0 Å². The van der Waals surface area contributed by atoms with Gasteiger partial charge in [-0.3, -0.25) is 14.4 Å². The Balaban J connectivity index is 1.86. The molecule has 126 valence electrons. The lowest BCUT2D eigenvalue weighted by atomic mass is 9.92. The number of nitrogens with one attached hydrogen (secondary N) is 1. The van der Waals surface area contributed by atoms with Gasteiger partial charge in [-0.2, -0.15) is 0 Å². The number of hydrogen-bond acceptors (Lipinski definition) is 4. The lowest BCUT2D eigenvalue weighted by molar-refractivity contribution is -0.123. The molecule has 0 aliphatic carbocycles. The van der Waals surface area contributed by atoms with Gasteiger partial charge in [0, 0.05) is 12.6 Å². The lowest BCUT2D eigenvalue weighted by Crippen LogP contribution is -2.49. The van der Waals surface area contributed by atoms with Gasteiger partial charge in [0.25, 0.3) is 11.5 Å². The van der Waals surface area contributed by atoms with Gasteiger partial charge in [0.1, 0.15) is 11.3 Å². The highest BCUT2D eigenvalue weighted by Gasteiger charge is 2.33. The average molecular weight is 329 g/mol. The maximum atomic E-state index is 12.7. The van der Waals surface area contributed by atoms with Crippen LogP contribution in [0.1, 0.15) is 30.1 Å². The van der Waals surface area contributed by atoms with Crippen LogP contribution in [0.15, 0.2) is 39.7 Å². The Morgan fingerprint density at radius 1 is 1.29 bits per heavy atom. The smallest absolute Gasteiger partial charge is 0.261 e. The van der Waals surface area contributed by atoms with Gasteiger partial charge in [-0.1, -0.05) is 0 Å². The number of pyridine rings is 1. The molecule has 7 heteroatoms. The number of hydrogen-bond donors (Lipinski definition) is 2. The Morgan fingerprint density at radius 2 is 2.08 bits per heavy atom. The van der Waals surface area contributed by atoms with Crippen LogP contribution in [0.4, 0.5) is 0 Å². The van der Waals surface area contributed by atoms with Gasteiger partial charge in [-0.05, 0) is 44.0 Å². The van der Waals surface area contributed by atoms with E-state index in [2.05, 4.69) is 4.98 Å². The van der Waals surface area contributed by atoms with Gasteiger partial charge >= 0.3 is 0 Å². The van der Waals surface area contributed by atoms with Crippen LogP contribution in [-0.2, 0) is 4.79 Å². The fraction of sp³-hybridized carbons (Fsp3) is 0.353. The second kappa shape index (κ2) is 6.35. The Labute approximate surface area is 138 Å². The molecule has 3 N–H and O–H groups in total. The van der Waals surface area contributed by atoms with Crippen LogP contribution in [0.3, 0.4) is 0 Å².